The minimum absolute atomic E-state index is 0.170. The number of hydrogen-bond acceptors (Lipinski definition) is 6. The van der Waals surface area contributed by atoms with E-state index in [-0.39, 0.29) is 29.0 Å². The van der Waals surface area contributed by atoms with E-state index in [0.717, 1.165) is 11.3 Å². The molecule has 29 heavy (non-hydrogen) atoms. The lowest BCUT2D eigenvalue weighted by molar-refractivity contribution is -0.122. The van der Waals surface area contributed by atoms with Crippen molar-refractivity contribution >= 4 is 40.2 Å². The Morgan fingerprint density at radius 1 is 1.24 bits per heavy atom. The number of rotatable bonds is 7. The standard InChI is InChI=1S/C19H28N4O5S/c1-6-23(7-2)17(25)14-11(4)13(18(26)28-8-3)16(29-14)21-19(27)22(5)12-9-10-20-15(12)24/h12H,6-10H2,1-5H3,(H,20,24)(H,21,27). The van der Waals surface area contributed by atoms with Gasteiger partial charge in [-0.1, -0.05) is 0 Å². The van der Waals surface area contributed by atoms with Gasteiger partial charge in [0.2, 0.25) is 5.91 Å². The Bertz CT molecular complexity index is 803. The summed E-state index contributed by atoms with van der Waals surface area (Å²) >= 11 is 1.05. The van der Waals surface area contributed by atoms with Crippen LogP contribution in [0.4, 0.5) is 9.80 Å². The van der Waals surface area contributed by atoms with E-state index in [1.807, 2.05) is 13.8 Å². The molecular weight excluding hydrogens is 396 g/mol. The second-order valence-corrected chi connectivity index (χ2v) is 7.62. The van der Waals surface area contributed by atoms with E-state index in [9.17, 15) is 19.2 Å². The Kier molecular flexibility index (Phi) is 7.60. The van der Waals surface area contributed by atoms with Gasteiger partial charge in [0.25, 0.3) is 5.91 Å². The average Bonchev–Trinajstić information content (AvgIpc) is 3.25. The largest absolute Gasteiger partial charge is 0.462 e. The Hall–Kier alpha value is -2.62. The fourth-order valence-corrected chi connectivity index (χ4v) is 4.34. The first-order valence-electron chi connectivity index (χ1n) is 9.67. The molecule has 1 aliphatic heterocycles. The minimum Gasteiger partial charge on any atom is -0.462 e. The topological polar surface area (TPSA) is 108 Å². The molecule has 1 atom stereocenters. The summed E-state index contributed by atoms with van der Waals surface area (Å²) in [5.41, 5.74) is 0.645. The molecule has 1 saturated heterocycles. The van der Waals surface area contributed by atoms with Gasteiger partial charge in [-0.05, 0) is 39.7 Å². The first kappa shape index (κ1) is 22.7. The van der Waals surface area contributed by atoms with E-state index in [1.54, 1.807) is 18.7 Å². The van der Waals surface area contributed by atoms with E-state index in [0.29, 0.717) is 36.5 Å². The van der Waals surface area contributed by atoms with Crippen LogP contribution in [0.5, 0.6) is 0 Å². The lowest BCUT2D eigenvalue weighted by Gasteiger charge is -2.22. The normalized spacial score (nSPS) is 15.6. The SMILES string of the molecule is CCOC(=O)c1c(NC(=O)N(C)C2CCNC2=O)sc(C(=O)N(CC)CC)c1C. The van der Waals surface area contributed by atoms with Crippen molar-refractivity contribution in [1.82, 2.24) is 15.1 Å². The Labute approximate surface area is 174 Å². The summed E-state index contributed by atoms with van der Waals surface area (Å²) in [5, 5.41) is 5.62. The van der Waals surface area contributed by atoms with E-state index in [4.69, 9.17) is 4.74 Å². The molecule has 1 fully saturated rings. The first-order chi connectivity index (χ1) is 13.8. The molecule has 0 radical (unpaired) electrons. The van der Waals surface area contributed by atoms with Crippen LogP contribution in [0, 0.1) is 6.92 Å². The fourth-order valence-electron chi connectivity index (χ4n) is 3.19. The molecule has 2 N–H and O–H groups in total. The Balaban J connectivity index is 2.37. The van der Waals surface area contributed by atoms with Crippen LogP contribution < -0.4 is 10.6 Å². The molecule has 1 unspecified atom stereocenters. The molecular formula is C19H28N4O5S. The van der Waals surface area contributed by atoms with Crippen LogP contribution in [0.1, 0.15) is 52.8 Å². The van der Waals surface area contributed by atoms with Gasteiger partial charge in [-0.3, -0.25) is 14.9 Å². The molecule has 4 amide bonds. The quantitative estimate of drug-likeness (QED) is 0.652. The maximum atomic E-state index is 12.9. The van der Waals surface area contributed by atoms with Gasteiger partial charge in [-0.2, -0.15) is 0 Å². The molecule has 0 saturated carbocycles. The van der Waals surface area contributed by atoms with Crippen molar-refractivity contribution in [2.75, 3.05) is 38.6 Å². The van der Waals surface area contributed by atoms with Crippen molar-refractivity contribution in [1.29, 1.82) is 0 Å². The molecule has 2 rings (SSSR count). The fraction of sp³-hybridized carbons (Fsp3) is 0.579. The van der Waals surface area contributed by atoms with Gasteiger partial charge < -0.3 is 19.9 Å². The van der Waals surface area contributed by atoms with Crippen LogP contribution in [-0.2, 0) is 9.53 Å². The molecule has 0 aromatic carbocycles. The smallest absolute Gasteiger partial charge is 0.341 e. The average molecular weight is 425 g/mol. The molecule has 0 bridgehead atoms. The number of carbonyl (C=O) groups excluding carboxylic acids is 4. The second kappa shape index (κ2) is 9.73. The number of carbonyl (C=O) groups is 4. The van der Waals surface area contributed by atoms with Gasteiger partial charge in [0.05, 0.1) is 17.0 Å². The zero-order valence-electron chi connectivity index (χ0n) is 17.5. The third-order valence-corrected chi connectivity index (χ3v) is 6.09. The van der Waals surface area contributed by atoms with Crippen molar-refractivity contribution in [3.63, 3.8) is 0 Å². The summed E-state index contributed by atoms with van der Waals surface area (Å²) in [6.45, 7) is 8.85. The van der Waals surface area contributed by atoms with Gasteiger partial charge in [-0.25, -0.2) is 9.59 Å². The van der Waals surface area contributed by atoms with E-state index in [1.165, 1.54) is 11.9 Å². The molecule has 1 aromatic heterocycles. The van der Waals surface area contributed by atoms with E-state index >= 15 is 0 Å². The van der Waals surface area contributed by atoms with Gasteiger partial charge in [0.1, 0.15) is 11.0 Å². The summed E-state index contributed by atoms with van der Waals surface area (Å²) in [6, 6.07) is -1.10. The number of amides is 4. The number of nitrogens with one attached hydrogen (secondary N) is 2. The number of hydrogen-bond donors (Lipinski definition) is 2. The van der Waals surface area contributed by atoms with Crippen LogP contribution in [0.3, 0.4) is 0 Å². The van der Waals surface area contributed by atoms with Gasteiger partial charge in [0.15, 0.2) is 0 Å². The van der Waals surface area contributed by atoms with Crippen molar-refractivity contribution in [2.45, 2.75) is 40.2 Å². The summed E-state index contributed by atoms with van der Waals surface area (Å²) in [5.74, 6) is -1.02. The second-order valence-electron chi connectivity index (χ2n) is 6.59. The molecule has 0 spiro atoms. The molecule has 160 valence electrons. The van der Waals surface area contributed by atoms with Crippen molar-refractivity contribution in [2.24, 2.45) is 0 Å². The lowest BCUT2D eigenvalue weighted by atomic mass is 10.1. The number of ether oxygens (including phenoxy) is 1. The third-order valence-electron chi connectivity index (χ3n) is 4.90. The summed E-state index contributed by atoms with van der Waals surface area (Å²) in [6.07, 6.45) is 0.517. The predicted molar refractivity (Wildman–Crippen MR) is 110 cm³/mol. The molecule has 1 aromatic rings. The summed E-state index contributed by atoms with van der Waals surface area (Å²) < 4.78 is 5.13. The molecule has 2 heterocycles. The summed E-state index contributed by atoms with van der Waals surface area (Å²) in [7, 11) is 1.53. The third kappa shape index (κ3) is 4.69. The zero-order chi connectivity index (χ0) is 21.7. The number of thiophene rings is 1. The number of urea groups is 1. The van der Waals surface area contributed by atoms with E-state index < -0.39 is 18.0 Å². The molecule has 0 aliphatic carbocycles. The first-order valence-corrected chi connectivity index (χ1v) is 10.5. The molecule has 1 aliphatic rings. The highest BCUT2D eigenvalue weighted by atomic mass is 32.1. The number of nitrogens with zero attached hydrogens (tertiary/aromatic N) is 2. The van der Waals surface area contributed by atoms with Gasteiger partial charge >= 0.3 is 12.0 Å². The highest BCUT2D eigenvalue weighted by molar-refractivity contribution is 7.18. The maximum absolute atomic E-state index is 12.9. The van der Waals surface area contributed by atoms with Gasteiger partial charge in [0, 0.05) is 26.7 Å². The molecule has 10 heteroatoms. The number of anilines is 1. The lowest BCUT2D eigenvalue weighted by Crippen LogP contribution is -2.43. The van der Waals surface area contributed by atoms with Crippen LogP contribution in [0.15, 0.2) is 0 Å². The van der Waals surface area contributed by atoms with Crippen LogP contribution in [-0.4, -0.2) is 72.9 Å². The van der Waals surface area contributed by atoms with Crippen LogP contribution in [0.2, 0.25) is 0 Å². The predicted octanol–water partition coefficient (Wildman–Crippen LogP) is 2.07. The minimum atomic E-state index is -0.601. The molecule has 9 nitrogen and oxygen atoms in total. The Morgan fingerprint density at radius 3 is 2.41 bits per heavy atom. The monoisotopic (exact) mass is 424 g/mol. The number of likely N-dealkylation sites (N-methyl/N-ethyl adjacent to an activating group) is 1. The Morgan fingerprint density at radius 2 is 1.90 bits per heavy atom. The van der Waals surface area contributed by atoms with Crippen LogP contribution >= 0.6 is 11.3 Å². The highest BCUT2D eigenvalue weighted by Crippen LogP contribution is 2.35. The van der Waals surface area contributed by atoms with Crippen molar-refractivity contribution in [3.8, 4) is 0 Å². The van der Waals surface area contributed by atoms with Crippen LogP contribution in [0.25, 0.3) is 0 Å². The van der Waals surface area contributed by atoms with Crippen molar-refractivity contribution in [3.05, 3.63) is 16.0 Å². The zero-order valence-corrected chi connectivity index (χ0v) is 18.3. The van der Waals surface area contributed by atoms with Gasteiger partial charge in [-0.15, -0.1) is 11.3 Å². The maximum Gasteiger partial charge on any atom is 0.341 e. The number of esters is 1. The van der Waals surface area contributed by atoms with E-state index in [2.05, 4.69) is 10.6 Å². The van der Waals surface area contributed by atoms with Crippen molar-refractivity contribution < 1.29 is 23.9 Å². The highest BCUT2D eigenvalue weighted by Gasteiger charge is 2.33. The summed E-state index contributed by atoms with van der Waals surface area (Å²) in [4.78, 5) is 53.3.